The van der Waals surface area contributed by atoms with Crippen LogP contribution in [0.25, 0.3) is 0 Å². The standard InChI is InChI=1S/C15H25NO2/c1-2-4-14(17)8-7-12-5-3-6-13(11-12)15(18)9-10-16/h3,5-6,11,14-15,17-18H,2,4,7-10,16H2,1H3/t14?,15-/m1/s1. The second kappa shape index (κ2) is 8.25. The van der Waals surface area contributed by atoms with E-state index < -0.39 is 6.10 Å². The van der Waals surface area contributed by atoms with E-state index in [0.29, 0.717) is 13.0 Å². The molecule has 3 nitrogen and oxygen atoms in total. The molecular weight excluding hydrogens is 226 g/mol. The normalized spacial score (nSPS) is 14.4. The molecule has 0 heterocycles. The Morgan fingerprint density at radius 2 is 1.94 bits per heavy atom. The molecule has 0 saturated heterocycles. The monoisotopic (exact) mass is 251 g/mol. The van der Waals surface area contributed by atoms with Crippen molar-refractivity contribution < 1.29 is 10.2 Å². The topological polar surface area (TPSA) is 66.5 Å². The van der Waals surface area contributed by atoms with Crippen LogP contribution in [0.3, 0.4) is 0 Å². The molecule has 1 aromatic carbocycles. The number of aliphatic hydroxyl groups is 2. The first-order valence-corrected chi connectivity index (χ1v) is 6.82. The number of nitrogens with two attached hydrogens (primary N) is 1. The molecule has 4 N–H and O–H groups in total. The van der Waals surface area contributed by atoms with Crippen molar-refractivity contribution in [1.82, 2.24) is 0 Å². The third-order valence-corrected chi connectivity index (χ3v) is 3.16. The molecule has 1 aromatic rings. The van der Waals surface area contributed by atoms with Gasteiger partial charge < -0.3 is 15.9 Å². The average Bonchev–Trinajstić information content (AvgIpc) is 2.37. The Hall–Kier alpha value is -0.900. The number of hydrogen-bond acceptors (Lipinski definition) is 3. The Morgan fingerprint density at radius 1 is 1.17 bits per heavy atom. The molecule has 2 atom stereocenters. The van der Waals surface area contributed by atoms with Crippen molar-refractivity contribution >= 4 is 0 Å². The maximum Gasteiger partial charge on any atom is 0.0802 e. The van der Waals surface area contributed by atoms with Crippen LogP contribution in [-0.2, 0) is 6.42 Å². The van der Waals surface area contributed by atoms with Crippen molar-refractivity contribution in [2.24, 2.45) is 5.73 Å². The van der Waals surface area contributed by atoms with Gasteiger partial charge in [-0.05, 0) is 43.4 Å². The average molecular weight is 251 g/mol. The van der Waals surface area contributed by atoms with Gasteiger partial charge in [0.2, 0.25) is 0 Å². The summed E-state index contributed by atoms with van der Waals surface area (Å²) in [5, 5.41) is 19.6. The minimum absolute atomic E-state index is 0.215. The van der Waals surface area contributed by atoms with E-state index in [9.17, 15) is 10.2 Å². The Labute approximate surface area is 110 Å². The van der Waals surface area contributed by atoms with E-state index in [4.69, 9.17) is 5.73 Å². The highest BCUT2D eigenvalue weighted by atomic mass is 16.3. The van der Waals surface area contributed by atoms with E-state index in [0.717, 1.165) is 31.2 Å². The minimum Gasteiger partial charge on any atom is -0.393 e. The summed E-state index contributed by atoms with van der Waals surface area (Å²) in [4.78, 5) is 0. The molecule has 0 aliphatic heterocycles. The van der Waals surface area contributed by atoms with Gasteiger partial charge in [-0.2, -0.15) is 0 Å². The highest BCUT2D eigenvalue weighted by Gasteiger charge is 2.08. The fourth-order valence-electron chi connectivity index (χ4n) is 2.09. The van der Waals surface area contributed by atoms with E-state index in [2.05, 4.69) is 6.92 Å². The highest BCUT2D eigenvalue weighted by Crippen LogP contribution is 2.18. The van der Waals surface area contributed by atoms with Crippen molar-refractivity contribution in [2.45, 2.75) is 51.2 Å². The summed E-state index contributed by atoms with van der Waals surface area (Å²) >= 11 is 0. The summed E-state index contributed by atoms with van der Waals surface area (Å²) in [7, 11) is 0. The Morgan fingerprint density at radius 3 is 2.61 bits per heavy atom. The first kappa shape index (κ1) is 15.2. The van der Waals surface area contributed by atoms with Gasteiger partial charge in [-0.1, -0.05) is 37.6 Å². The zero-order valence-corrected chi connectivity index (χ0v) is 11.2. The van der Waals surface area contributed by atoms with E-state index in [1.807, 2.05) is 24.3 Å². The third kappa shape index (κ3) is 5.17. The molecule has 0 amide bonds. The summed E-state index contributed by atoms with van der Waals surface area (Å²) in [6.07, 6.45) is 3.39. The summed E-state index contributed by atoms with van der Waals surface area (Å²) < 4.78 is 0. The van der Waals surface area contributed by atoms with Crippen LogP contribution < -0.4 is 5.73 Å². The van der Waals surface area contributed by atoms with E-state index in [1.54, 1.807) is 0 Å². The van der Waals surface area contributed by atoms with Gasteiger partial charge >= 0.3 is 0 Å². The molecule has 0 aliphatic rings. The van der Waals surface area contributed by atoms with E-state index >= 15 is 0 Å². The minimum atomic E-state index is -0.476. The Bertz CT molecular complexity index is 341. The van der Waals surface area contributed by atoms with Gasteiger partial charge in [-0.3, -0.25) is 0 Å². The van der Waals surface area contributed by atoms with Gasteiger partial charge in [-0.25, -0.2) is 0 Å². The number of hydrogen-bond donors (Lipinski definition) is 3. The fraction of sp³-hybridized carbons (Fsp3) is 0.600. The molecule has 0 aromatic heterocycles. The first-order chi connectivity index (χ1) is 8.67. The van der Waals surface area contributed by atoms with Crippen LogP contribution in [0.2, 0.25) is 0 Å². The first-order valence-electron chi connectivity index (χ1n) is 6.82. The van der Waals surface area contributed by atoms with Crippen molar-refractivity contribution in [2.75, 3.05) is 6.54 Å². The quantitative estimate of drug-likeness (QED) is 0.663. The van der Waals surface area contributed by atoms with Crippen LogP contribution >= 0.6 is 0 Å². The maximum atomic E-state index is 9.88. The predicted molar refractivity (Wildman–Crippen MR) is 74.3 cm³/mol. The molecule has 0 fully saturated rings. The van der Waals surface area contributed by atoms with Crippen LogP contribution in [0, 0.1) is 0 Å². The molecule has 1 unspecified atom stereocenters. The van der Waals surface area contributed by atoms with E-state index in [1.165, 1.54) is 5.56 Å². The number of aliphatic hydroxyl groups excluding tert-OH is 2. The number of aryl methyl sites for hydroxylation is 1. The lowest BCUT2D eigenvalue weighted by atomic mass is 9.99. The second-order valence-corrected chi connectivity index (χ2v) is 4.82. The zero-order chi connectivity index (χ0) is 13.4. The van der Waals surface area contributed by atoms with Crippen LogP contribution in [-0.4, -0.2) is 22.9 Å². The molecule has 102 valence electrons. The summed E-state index contributed by atoms with van der Waals surface area (Å²) in [6.45, 7) is 2.56. The second-order valence-electron chi connectivity index (χ2n) is 4.82. The van der Waals surface area contributed by atoms with Gasteiger partial charge in [0, 0.05) is 0 Å². The van der Waals surface area contributed by atoms with Gasteiger partial charge in [0.15, 0.2) is 0 Å². The van der Waals surface area contributed by atoms with Crippen molar-refractivity contribution in [3.8, 4) is 0 Å². The molecule has 1 rings (SSSR count). The van der Waals surface area contributed by atoms with Crippen LogP contribution in [0.1, 0.15) is 49.8 Å². The van der Waals surface area contributed by atoms with Gasteiger partial charge in [-0.15, -0.1) is 0 Å². The highest BCUT2D eigenvalue weighted by molar-refractivity contribution is 5.25. The van der Waals surface area contributed by atoms with Crippen LogP contribution in [0.15, 0.2) is 24.3 Å². The van der Waals surface area contributed by atoms with Gasteiger partial charge in [0.05, 0.1) is 12.2 Å². The number of benzene rings is 1. The van der Waals surface area contributed by atoms with Crippen LogP contribution in [0.5, 0.6) is 0 Å². The summed E-state index contributed by atoms with van der Waals surface area (Å²) in [5.41, 5.74) is 7.53. The van der Waals surface area contributed by atoms with Crippen LogP contribution in [0.4, 0.5) is 0 Å². The SMILES string of the molecule is CCCC(O)CCc1cccc([C@H](O)CCN)c1. The molecule has 0 saturated carbocycles. The lowest BCUT2D eigenvalue weighted by Gasteiger charge is -2.12. The lowest BCUT2D eigenvalue weighted by molar-refractivity contribution is 0.154. The van der Waals surface area contributed by atoms with Crippen molar-refractivity contribution in [1.29, 1.82) is 0 Å². The lowest BCUT2D eigenvalue weighted by Crippen LogP contribution is -2.08. The molecule has 0 radical (unpaired) electrons. The molecule has 3 heteroatoms. The molecule has 0 spiro atoms. The maximum absolute atomic E-state index is 9.88. The smallest absolute Gasteiger partial charge is 0.0802 e. The Balaban J connectivity index is 2.54. The number of rotatable bonds is 8. The third-order valence-electron chi connectivity index (χ3n) is 3.16. The largest absolute Gasteiger partial charge is 0.393 e. The predicted octanol–water partition coefficient (Wildman–Crippen LogP) is 2.16. The zero-order valence-electron chi connectivity index (χ0n) is 11.2. The van der Waals surface area contributed by atoms with E-state index in [-0.39, 0.29) is 6.10 Å². The Kier molecular flexibility index (Phi) is 6.94. The fourth-order valence-corrected chi connectivity index (χ4v) is 2.09. The summed E-state index contributed by atoms with van der Waals surface area (Å²) in [6, 6.07) is 7.93. The van der Waals surface area contributed by atoms with Gasteiger partial charge in [0.1, 0.15) is 0 Å². The summed E-state index contributed by atoms with van der Waals surface area (Å²) in [5.74, 6) is 0. The van der Waals surface area contributed by atoms with Crippen molar-refractivity contribution in [3.05, 3.63) is 35.4 Å². The molecular formula is C15H25NO2. The molecule has 0 aliphatic carbocycles. The van der Waals surface area contributed by atoms with Crippen molar-refractivity contribution in [3.63, 3.8) is 0 Å². The molecule has 18 heavy (non-hydrogen) atoms. The van der Waals surface area contributed by atoms with Gasteiger partial charge in [0.25, 0.3) is 0 Å². The molecule has 0 bridgehead atoms.